The van der Waals surface area contributed by atoms with E-state index in [1.54, 1.807) is 24.3 Å². The number of hydrogen-bond donors (Lipinski definition) is 6. The van der Waals surface area contributed by atoms with Crippen LogP contribution in [0, 0.1) is 12.3 Å². The van der Waals surface area contributed by atoms with Crippen molar-refractivity contribution < 1.29 is 39.0 Å². The van der Waals surface area contributed by atoms with Crippen molar-refractivity contribution in [3.05, 3.63) is 59.7 Å². The number of anilines is 2. The normalized spacial score (nSPS) is 17.1. The lowest BCUT2D eigenvalue weighted by Crippen LogP contribution is -2.50. The first-order valence-corrected chi connectivity index (χ1v) is 16.8. The van der Waals surface area contributed by atoms with E-state index in [9.17, 15) is 39.0 Å². The van der Waals surface area contributed by atoms with E-state index in [0.717, 1.165) is 22.9 Å². The zero-order valence-corrected chi connectivity index (χ0v) is 28.7. The van der Waals surface area contributed by atoms with Gasteiger partial charge < -0.3 is 36.4 Å². The van der Waals surface area contributed by atoms with Crippen molar-refractivity contribution in [1.29, 1.82) is 0 Å². The quantitative estimate of drug-likeness (QED) is 0.159. The maximum Gasteiger partial charge on any atom is 0.327 e. The van der Waals surface area contributed by atoms with Crippen LogP contribution < -0.4 is 21.3 Å². The van der Waals surface area contributed by atoms with Crippen molar-refractivity contribution in [3.8, 4) is 0 Å². The van der Waals surface area contributed by atoms with Crippen LogP contribution >= 0.6 is 11.8 Å². The van der Waals surface area contributed by atoms with Crippen molar-refractivity contribution in [1.82, 2.24) is 15.5 Å². The van der Waals surface area contributed by atoms with Gasteiger partial charge in [-0.2, -0.15) is 11.8 Å². The second-order valence-electron chi connectivity index (χ2n) is 13.1. The fraction of sp³-hybridized carbons (Fsp3) is 0.471. The number of nitrogens with one attached hydrogen (secondary N) is 4. The molecule has 3 rings (SSSR count). The number of carbonyl (C=O) groups excluding carboxylic acids is 4. The molecule has 0 aliphatic carbocycles. The Bertz CT molecular complexity index is 1480. The molecule has 0 bridgehead atoms. The molecule has 1 fully saturated rings. The third-order valence-electron chi connectivity index (χ3n) is 7.73. The Morgan fingerprint density at radius 2 is 1.44 bits per heavy atom. The highest BCUT2D eigenvalue weighted by Crippen LogP contribution is 2.33. The van der Waals surface area contributed by atoms with Crippen LogP contribution in [-0.4, -0.2) is 87.0 Å². The molecule has 2 aromatic rings. The fourth-order valence-corrected chi connectivity index (χ4v) is 6.30. The highest BCUT2D eigenvalue weighted by atomic mass is 32.2. The highest BCUT2D eigenvalue weighted by Gasteiger charge is 2.40. The molecule has 260 valence electrons. The van der Waals surface area contributed by atoms with Crippen molar-refractivity contribution >= 4 is 58.8 Å². The Labute approximate surface area is 284 Å². The number of rotatable bonds is 14. The first-order valence-electron chi connectivity index (χ1n) is 15.7. The molecular formula is C34H45N5O8S. The van der Waals surface area contributed by atoms with Gasteiger partial charge in [-0.3, -0.25) is 14.4 Å². The van der Waals surface area contributed by atoms with E-state index >= 15 is 0 Å². The van der Waals surface area contributed by atoms with Crippen LogP contribution in [0.1, 0.15) is 64.0 Å². The van der Waals surface area contributed by atoms with E-state index in [1.165, 1.54) is 11.8 Å². The standard InChI is InChI=1S/C34H45N5O8S/c1-20-6-10-24(11-7-20)35-33(47)36-25-12-8-22(9-13-25)23-16-28(39(18-23)21(2)40)30(42)38-26(31(43)44)14-15-48-19-27(32(45)46)37-29(41)17-34(3,4)5/h6-13,23,26-28H,14-19H2,1-5H3,(H,37,41)(H,38,42)(H,43,44)(H,45,46)(H2,35,36,47). The van der Waals surface area contributed by atoms with Gasteiger partial charge in [0.1, 0.15) is 18.1 Å². The van der Waals surface area contributed by atoms with Crippen LogP contribution in [0.4, 0.5) is 16.2 Å². The number of carboxylic acid groups (broad SMARTS) is 2. The molecule has 48 heavy (non-hydrogen) atoms. The number of carbonyl (C=O) groups is 6. The van der Waals surface area contributed by atoms with E-state index in [4.69, 9.17) is 0 Å². The topological polar surface area (TPSA) is 194 Å². The van der Waals surface area contributed by atoms with Gasteiger partial charge in [0.2, 0.25) is 17.7 Å². The van der Waals surface area contributed by atoms with Crippen molar-refractivity contribution in [2.24, 2.45) is 5.41 Å². The minimum absolute atomic E-state index is 0.0101. The van der Waals surface area contributed by atoms with Gasteiger partial charge in [0, 0.05) is 42.9 Å². The Morgan fingerprint density at radius 1 is 0.875 bits per heavy atom. The van der Waals surface area contributed by atoms with Gasteiger partial charge in [-0.25, -0.2) is 14.4 Å². The van der Waals surface area contributed by atoms with E-state index in [1.807, 2.05) is 52.0 Å². The van der Waals surface area contributed by atoms with Crippen molar-refractivity contribution in [3.63, 3.8) is 0 Å². The first kappa shape index (κ1) is 37.9. The van der Waals surface area contributed by atoms with Crippen molar-refractivity contribution in [2.75, 3.05) is 28.7 Å². The molecular weight excluding hydrogens is 638 g/mol. The summed E-state index contributed by atoms with van der Waals surface area (Å²) in [5.74, 6) is -3.69. The minimum atomic E-state index is -1.26. The summed E-state index contributed by atoms with van der Waals surface area (Å²) in [4.78, 5) is 75.5. The Kier molecular flexibility index (Phi) is 13.4. The molecule has 0 aromatic heterocycles. The average Bonchev–Trinajstić information content (AvgIpc) is 3.44. The predicted molar refractivity (Wildman–Crippen MR) is 184 cm³/mol. The molecule has 4 atom stereocenters. The lowest BCUT2D eigenvalue weighted by molar-refractivity contribution is -0.143. The van der Waals surface area contributed by atoms with Crippen LogP contribution in [0.3, 0.4) is 0 Å². The van der Waals surface area contributed by atoms with E-state index < -0.39 is 42.0 Å². The zero-order valence-electron chi connectivity index (χ0n) is 27.9. The molecule has 0 saturated carbocycles. The van der Waals surface area contributed by atoms with Gasteiger partial charge in [-0.1, -0.05) is 50.6 Å². The molecule has 0 spiro atoms. The third kappa shape index (κ3) is 11.9. The Hall–Kier alpha value is -4.59. The summed E-state index contributed by atoms with van der Waals surface area (Å²) in [5.41, 5.74) is 2.83. The monoisotopic (exact) mass is 683 g/mol. The van der Waals surface area contributed by atoms with Gasteiger partial charge in [0.05, 0.1) is 0 Å². The summed E-state index contributed by atoms with van der Waals surface area (Å²) in [5, 5.41) is 29.9. The van der Waals surface area contributed by atoms with Crippen LogP contribution in [-0.2, 0) is 24.0 Å². The number of amides is 5. The van der Waals surface area contributed by atoms with Crippen LogP contribution in [0.25, 0.3) is 0 Å². The molecule has 1 aliphatic rings. The van der Waals surface area contributed by atoms with E-state index in [2.05, 4.69) is 21.3 Å². The lowest BCUT2D eigenvalue weighted by Gasteiger charge is -2.24. The maximum atomic E-state index is 13.3. The first-order chi connectivity index (χ1) is 22.5. The van der Waals surface area contributed by atoms with Gasteiger partial charge in [-0.05, 0) is 60.8 Å². The molecule has 2 aromatic carbocycles. The van der Waals surface area contributed by atoms with Gasteiger partial charge >= 0.3 is 18.0 Å². The molecule has 0 radical (unpaired) electrons. The minimum Gasteiger partial charge on any atom is -0.480 e. The number of carboxylic acids is 2. The summed E-state index contributed by atoms with van der Waals surface area (Å²) in [7, 11) is 0. The van der Waals surface area contributed by atoms with Gasteiger partial charge in [0.15, 0.2) is 0 Å². The number of urea groups is 1. The van der Waals surface area contributed by atoms with Crippen LogP contribution in [0.15, 0.2) is 48.5 Å². The zero-order chi connectivity index (χ0) is 35.6. The summed E-state index contributed by atoms with van der Waals surface area (Å²) >= 11 is 1.16. The summed E-state index contributed by atoms with van der Waals surface area (Å²) in [6.07, 6.45) is 0.446. The molecule has 13 nitrogen and oxygen atoms in total. The maximum absolute atomic E-state index is 13.3. The molecule has 14 heteroatoms. The number of hydrogen-bond acceptors (Lipinski definition) is 7. The molecule has 4 unspecified atom stereocenters. The summed E-state index contributed by atoms with van der Waals surface area (Å²) < 4.78 is 0. The molecule has 1 heterocycles. The number of likely N-dealkylation sites (tertiary alicyclic amines) is 1. The molecule has 1 aliphatic heterocycles. The van der Waals surface area contributed by atoms with Crippen molar-refractivity contribution in [2.45, 2.75) is 77.9 Å². The largest absolute Gasteiger partial charge is 0.480 e. The van der Waals surface area contributed by atoms with Crippen LogP contribution in [0.5, 0.6) is 0 Å². The van der Waals surface area contributed by atoms with Crippen LogP contribution in [0.2, 0.25) is 0 Å². The highest BCUT2D eigenvalue weighted by molar-refractivity contribution is 7.99. The fourth-order valence-electron chi connectivity index (χ4n) is 5.27. The second kappa shape index (κ2) is 17.0. The lowest BCUT2D eigenvalue weighted by atomic mass is 9.92. The predicted octanol–water partition coefficient (Wildman–Crippen LogP) is 4.04. The summed E-state index contributed by atoms with van der Waals surface area (Å²) in [6.45, 7) is 9.17. The number of aliphatic carboxylic acids is 2. The van der Waals surface area contributed by atoms with Gasteiger partial charge in [-0.15, -0.1) is 0 Å². The number of thioether (sulfide) groups is 1. The van der Waals surface area contributed by atoms with E-state index in [0.29, 0.717) is 11.4 Å². The molecule has 1 saturated heterocycles. The number of nitrogens with zero attached hydrogens (tertiary/aromatic N) is 1. The smallest absolute Gasteiger partial charge is 0.327 e. The Morgan fingerprint density at radius 3 is 1.96 bits per heavy atom. The average molecular weight is 684 g/mol. The number of aryl methyl sites for hydroxylation is 1. The van der Waals surface area contributed by atoms with E-state index in [-0.39, 0.29) is 60.5 Å². The molecule has 6 N–H and O–H groups in total. The second-order valence-corrected chi connectivity index (χ2v) is 14.3. The van der Waals surface area contributed by atoms with Gasteiger partial charge in [0.25, 0.3) is 0 Å². The molecule has 5 amide bonds. The number of benzene rings is 2. The Balaban J connectivity index is 1.54. The summed E-state index contributed by atoms with van der Waals surface area (Å²) in [6, 6.07) is 10.8. The third-order valence-corrected chi connectivity index (χ3v) is 8.83. The SMILES string of the molecule is CC(=O)N1CC(c2ccc(NC(=O)Nc3ccc(C)cc3)cc2)CC1C(=O)NC(CCSCC(NC(=O)CC(C)(C)C)C(=O)O)C(=O)O.